The molecule has 0 fully saturated rings. The van der Waals surface area contributed by atoms with Crippen molar-refractivity contribution in [1.29, 1.82) is 0 Å². The molecular weight excluding hydrogens is 264 g/mol. The summed E-state index contributed by atoms with van der Waals surface area (Å²) in [6, 6.07) is 11.6. The molecule has 0 bridgehead atoms. The zero-order valence-electron chi connectivity index (χ0n) is 10.6. The molecule has 2 aromatic rings. The molecule has 0 saturated heterocycles. The van der Waals surface area contributed by atoms with Crippen LogP contribution >= 0.6 is 0 Å². The zero-order chi connectivity index (χ0) is 14.2. The van der Waals surface area contributed by atoms with Crippen molar-refractivity contribution in [3.63, 3.8) is 0 Å². The molecule has 0 aliphatic carbocycles. The Hall–Kier alpha value is -2.43. The summed E-state index contributed by atoms with van der Waals surface area (Å²) in [6.45, 7) is 0.557. The molecule has 0 N–H and O–H groups in total. The average Bonchev–Trinajstić information content (AvgIpc) is 2.46. The van der Waals surface area contributed by atoms with Gasteiger partial charge >= 0.3 is 0 Å². The van der Waals surface area contributed by atoms with E-state index < -0.39 is 0 Å². The van der Waals surface area contributed by atoms with E-state index in [0.717, 1.165) is 5.56 Å². The monoisotopic (exact) mass is 277 g/mol. The molecule has 0 aliphatic heterocycles. The second-order valence-corrected chi connectivity index (χ2v) is 3.92. The van der Waals surface area contributed by atoms with Crippen LogP contribution in [0.1, 0.15) is 5.56 Å². The van der Waals surface area contributed by atoms with Gasteiger partial charge in [-0.3, -0.25) is 0 Å². The lowest BCUT2D eigenvalue weighted by molar-refractivity contribution is 0.108. The van der Waals surface area contributed by atoms with Crippen LogP contribution in [0.4, 0.5) is 8.78 Å². The van der Waals surface area contributed by atoms with Gasteiger partial charge in [-0.2, -0.15) is 0 Å². The van der Waals surface area contributed by atoms with Crippen LogP contribution < -0.4 is 4.74 Å². The van der Waals surface area contributed by atoms with Gasteiger partial charge in [-0.25, -0.2) is 8.78 Å². The van der Waals surface area contributed by atoms with Gasteiger partial charge in [0.1, 0.15) is 24.0 Å². The van der Waals surface area contributed by atoms with Crippen LogP contribution in [0.3, 0.4) is 0 Å². The molecule has 0 atom stereocenters. The number of halogens is 2. The van der Waals surface area contributed by atoms with E-state index >= 15 is 0 Å². The number of hydrogen-bond donors (Lipinski definition) is 0. The summed E-state index contributed by atoms with van der Waals surface area (Å²) in [5.41, 5.74) is 0.742. The lowest BCUT2D eigenvalue weighted by Crippen LogP contribution is -2.04. The van der Waals surface area contributed by atoms with Crippen LogP contribution in [0.5, 0.6) is 5.75 Å². The quantitative estimate of drug-likeness (QED) is 0.460. The Morgan fingerprint density at radius 2 is 1.45 bits per heavy atom. The Kier molecular flexibility index (Phi) is 5.06. The van der Waals surface area contributed by atoms with E-state index in [2.05, 4.69) is 5.16 Å². The summed E-state index contributed by atoms with van der Waals surface area (Å²) in [6.07, 6.45) is 1.48. The molecule has 0 aliphatic rings. The highest BCUT2D eigenvalue weighted by Crippen LogP contribution is 2.10. The first-order valence-electron chi connectivity index (χ1n) is 6.03. The summed E-state index contributed by atoms with van der Waals surface area (Å²) in [4.78, 5) is 4.99. The smallest absolute Gasteiger partial charge is 0.151 e. The molecule has 0 radical (unpaired) electrons. The molecule has 0 amide bonds. The number of rotatable bonds is 6. The van der Waals surface area contributed by atoms with Crippen LogP contribution in [0.15, 0.2) is 53.7 Å². The topological polar surface area (TPSA) is 30.8 Å². The molecule has 20 heavy (non-hydrogen) atoms. The maximum absolute atomic E-state index is 12.6. The lowest BCUT2D eigenvalue weighted by Gasteiger charge is -2.04. The minimum absolute atomic E-state index is 0.259. The number of benzene rings is 2. The first kappa shape index (κ1) is 14.0. The van der Waals surface area contributed by atoms with Crippen LogP contribution in [0.25, 0.3) is 0 Å². The second kappa shape index (κ2) is 7.23. The van der Waals surface area contributed by atoms with E-state index in [9.17, 15) is 8.78 Å². The van der Waals surface area contributed by atoms with Crippen molar-refractivity contribution in [1.82, 2.24) is 0 Å². The van der Waals surface area contributed by atoms with Crippen LogP contribution in [-0.4, -0.2) is 19.4 Å². The van der Waals surface area contributed by atoms with Crippen molar-refractivity contribution in [3.8, 4) is 5.75 Å². The second-order valence-electron chi connectivity index (χ2n) is 3.92. The summed E-state index contributed by atoms with van der Waals surface area (Å²) in [5.74, 6) is -0.0363. The SMILES string of the molecule is Fc1ccc(C=NOCCOc2ccc(F)cc2)cc1. The zero-order valence-corrected chi connectivity index (χ0v) is 10.6. The average molecular weight is 277 g/mol. The normalized spacial score (nSPS) is 10.7. The molecular formula is C15H13F2NO2. The number of ether oxygens (including phenoxy) is 1. The van der Waals surface area contributed by atoms with Gasteiger partial charge in [0, 0.05) is 0 Å². The van der Waals surface area contributed by atoms with Crippen molar-refractivity contribution >= 4 is 6.21 Å². The van der Waals surface area contributed by atoms with Crippen molar-refractivity contribution in [2.45, 2.75) is 0 Å². The molecule has 2 aromatic carbocycles. The Labute approximate surface area is 115 Å². The van der Waals surface area contributed by atoms with Crippen LogP contribution in [0.2, 0.25) is 0 Å². The minimum atomic E-state index is -0.308. The Balaban J connectivity index is 1.66. The molecule has 5 heteroatoms. The van der Waals surface area contributed by atoms with E-state index in [1.54, 1.807) is 12.1 Å². The molecule has 0 aromatic heterocycles. The van der Waals surface area contributed by atoms with E-state index in [-0.39, 0.29) is 18.2 Å². The lowest BCUT2D eigenvalue weighted by atomic mass is 10.2. The van der Waals surface area contributed by atoms with Crippen molar-refractivity contribution in [2.75, 3.05) is 13.2 Å². The van der Waals surface area contributed by atoms with E-state index in [1.165, 1.54) is 42.6 Å². The van der Waals surface area contributed by atoms with Gasteiger partial charge in [0.25, 0.3) is 0 Å². The van der Waals surface area contributed by atoms with Crippen LogP contribution in [-0.2, 0) is 4.84 Å². The first-order valence-corrected chi connectivity index (χ1v) is 6.03. The third-order valence-corrected chi connectivity index (χ3v) is 2.40. The predicted molar refractivity (Wildman–Crippen MR) is 71.8 cm³/mol. The molecule has 3 nitrogen and oxygen atoms in total. The van der Waals surface area contributed by atoms with Gasteiger partial charge in [0.15, 0.2) is 6.61 Å². The Morgan fingerprint density at radius 3 is 2.10 bits per heavy atom. The van der Waals surface area contributed by atoms with E-state index in [0.29, 0.717) is 12.4 Å². The van der Waals surface area contributed by atoms with Gasteiger partial charge in [0.2, 0.25) is 0 Å². The Bertz CT molecular complexity index is 553. The molecule has 2 rings (SSSR count). The highest BCUT2D eigenvalue weighted by molar-refractivity contribution is 5.78. The van der Waals surface area contributed by atoms with Gasteiger partial charge < -0.3 is 9.57 Å². The molecule has 0 heterocycles. The number of oxime groups is 1. The van der Waals surface area contributed by atoms with Gasteiger partial charge in [-0.05, 0) is 42.0 Å². The summed E-state index contributed by atoms with van der Waals surface area (Å²) in [7, 11) is 0. The van der Waals surface area contributed by atoms with Crippen molar-refractivity contribution in [2.24, 2.45) is 5.16 Å². The fourth-order valence-corrected chi connectivity index (χ4v) is 1.43. The van der Waals surface area contributed by atoms with Crippen molar-refractivity contribution < 1.29 is 18.4 Å². The maximum atomic E-state index is 12.6. The number of hydrogen-bond acceptors (Lipinski definition) is 3. The third kappa shape index (κ3) is 4.68. The molecule has 0 unspecified atom stereocenters. The standard InChI is InChI=1S/C15H13F2NO2/c16-13-3-1-12(2-4-13)11-18-20-10-9-19-15-7-5-14(17)6-8-15/h1-8,11H,9-10H2. The fourth-order valence-electron chi connectivity index (χ4n) is 1.43. The van der Waals surface area contributed by atoms with E-state index in [1.807, 2.05) is 0 Å². The molecule has 0 saturated carbocycles. The summed E-state index contributed by atoms with van der Waals surface area (Å²) >= 11 is 0. The molecule has 0 spiro atoms. The fraction of sp³-hybridized carbons (Fsp3) is 0.133. The Morgan fingerprint density at radius 1 is 0.850 bits per heavy atom. The highest BCUT2D eigenvalue weighted by Gasteiger charge is 1.94. The highest BCUT2D eigenvalue weighted by atomic mass is 19.1. The largest absolute Gasteiger partial charge is 0.490 e. The minimum Gasteiger partial charge on any atom is -0.490 e. The van der Waals surface area contributed by atoms with Crippen molar-refractivity contribution in [3.05, 3.63) is 65.7 Å². The van der Waals surface area contributed by atoms with Gasteiger partial charge in [-0.1, -0.05) is 17.3 Å². The van der Waals surface area contributed by atoms with Gasteiger partial charge in [-0.15, -0.1) is 0 Å². The number of nitrogens with zero attached hydrogens (tertiary/aromatic N) is 1. The summed E-state index contributed by atoms with van der Waals surface area (Å²) < 4.78 is 30.6. The third-order valence-electron chi connectivity index (χ3n) is 2.40. The van der Waals surface area contributed by atoms with Gasteiger partial charge in [0.05, 0.1) is 6.21 Å². The summed E-state index contributed by atoms with van der Waals surface area (Å²) in [5, 5.41) is 3.73. The predicted octanol–water partition coefficient (Wildman–Crippen LogP) is 3.39. The molecule has 104 valence electrons. The first-order chi connectivity index (χ1) is 9.74. The maximum Gasteiger partial charge on any atom is 0.151 e. The van der Waals surface area contributed by atoms with E-state index in [4.69, 9.17) is 9.57 Å². The van der Waals surface area contributed by atoms with Crippen LogP contribution in [0, 0.1) is 11.6 Å².